The fourth-order valence-electron chi connectivity index (χ4n) is 4.01. The third-order valence-corrected chi connectivity index (χ3v) is 5.61. The average molecular weight is 486 g/mol. The first-order valence-electron chi connectivity index (χ1n) is 11.0. The highest BCUT2D eigenvalue weighted by molar-refractivity contribution is 6.30. The molecule has 3 aromatic rings. The van der Waals surface area contributed by atoms with Gasteiger partial charge < -0.3 is 19.9 Å². The van der Waals surface area contributed by atoms with Gasteiger partial charge in [-0.1, -0.05) is 11.6 Å². The van der Waals surface area contributed by atoms with E-state index < -0.39 is 5.60 Å². The molecule has 0 aliphatic carbocycles. The zero-order valence-corrected chi connectivity index (χ0v) is 20.6. The normalized spacial score (nSPS) is 16.6. The van der Waals surface area contributed by atoms with Crippen molar-refractivity contribution in [1.82, 2.24) is 24.4 Å². The molecule has 0 radical (unpaired) electrons. The van der Waals surface area contributed by atoms with Crippen LogP contribution in [0.3, 0.4) is 0 Å². The van der Waals surface area contributed by atoms with E-state index in [1.807, 2.05) is 27.7 Å². The maximum atomic E-state index is 12.6. The van der Waals surface area contributed by atoms with Crippen LogP contribution in [0.1, 0.15) is 34.6 Å². The van der Waals surface area contributed by atoms with Crippen LogP contribution in [0.25, 0.3) is 16.9 Å². The molecule has 1 saturated heterocycles. The summed E-state index contributed by atoms with van der Waals surface area (Å²) in [5.74, 6) is 1.03. The lowest BCUT2D eigenvalue weighted by Gasteiger charge is -2.41. The third kappa shape index (κ3) is 4.91. The van der Waals surface area contributed by atoms with Crippen LogP contribution in [0.15, 0.2) is 30.9 Å². The Kier molecular flexibility index (Phi) is 6.35. The highest BCUT2D eigenvalue weighted by Gasteiger charge is 2.32. The largest absolute Gasteiger partial charge is 0.444 e. The number of nitrogens with zero attached hydrogens (tertiary/aromatic N) is 6. The molecule has 180 valence electrons. The number of anilines is 2. The molecule has 1 atom stereocenters. The molecule has 1 aliphatic rings. The number of carbonyl (C=O) groups excluding carboxylic acids is 2. The lowest BCUT2D eigenvalue weighted by atomic mass is 10.1. The van der Waals surface area contributed by atoms with Crippen molar-refractivity contribution in [3.63, 3.8) is 0 Å². The second-order valence-corrected chi connectivity index (χ2v) is 9.73. The molecule has 0 aromatic carbocycles. The van der Waals surface area contributed by atoms with E-state index in [2.05, 4.69) is 25.2 Å². The van der Waals surface area contributed by atoms with Crippen LogP contribution in [0.4, 0.5) is 16.3 Å². The summed E-state index contributed by atoms with van der Waals surface area (Å²) in [7, 11) is 0. The van der Waals surface area contributed by atoms with Gasteiger partial charge in [-0.25, -0.2) is 19.7 Å². The predicted molar refractivity (Wildman–Crippen MR) is 131 cm³/mol. The molecule has 2 amide bonds. The lowest BCUT2D eigenvalue weighted by molar-refractivity contribution is -0.114. The van der Waals surface area contributed by atoms with E-state index in [0.717, 1.165) is 0 Å². The van der Waals surface area contributed by atoms with Crippen molar-refractivity contribution >= 4 is 46.1 Å². The maximum Gasteiger partial charge on any atom is 0.410 e. The van der Waals surface area contributed by atoms with Crippen molar-refractivity contribution < 1.29 is 14.3 Å². The van der Waals surface area contributed by atoms with Gasteiger partial charge in [0, 0.05) is 56.1 Å². The standard InChI is InChI=1S/C23H28ClN7O3/c1-14-11-29(22(33)34-23(3,4)5)8-9-30(14)20-19-17(28-15(2)32)12-31(21(19)27-13-26-20)18-10-16(24)6-7-25-18/h6-7,10,12-14H,8-9,11H2,1-5H3,(H,28,32). The fraction of sp³-hybridized carbons (Fsp3) is 0.435. The van der Waals surface area contributed by atoms with Gasteiger partial charge in [-0.05, 0) is 33.8 Å². The maximum absolute atomic E-state index is 12.6. The van der Waals surface area contributed by atoms with Gasteiger partial charge in [0.15, 0.2) is 5.65 Å². The molecule has 0 spiro atoms. The molecule has 1 aliphatic heterocycles. The van der Waals surface area contributed by atoms with Crippen LogP contribution >= 0.6 is 11.6 Å². The Morgan fingerprint density at radius 2 is 1.97 bits per heavy atom. The first-order chi connectivity index (χ1) is 16.0. The summed E-state index contributed by atoms with van der Waals surface area (Å²) in [6.45, 7) is 10.5. The Morgan fingerprint density at radius 1 is 1.21 bits per heavy atom. The summed E-state index contributed by atoms with van der Waals surface area (Å²) in [4.78, 5) is 41.8. The van der Waals surface area contributed by atoms with E-state index in [0.29, 0.717) is 53.0 Å². The van der Waals surface area contributed by atoms with Crippen LogP contribution < -0.4 is 10.2 Å². The highest BCUT2D eigenvalue weighted by Crippen LogP contribution is 2.35. The van der Waals surface area contributed by atoms with E-state index in [4.69, 9.17) is 16.3 Å². The van der Waals surface area contributed by atoms with Gasteiger partial charge in [0.05, 0.1) is 11.1 Å². The fourth-order valence-corrected chi connectivity index (χ4v) is 4.17. The molecule has 1 N–H and O–H groups in total. The molecule has 4 heterocycles. The quantitative estimate of drug-likeness (QED) is 0.600. The minimum absolute atomic E-state index is 0.0443. The molecule has 0 saturated carbocycles. The molecule has 1 unspecified atom stereocenters. The number of aromatic nitrogens is 4. The van der Waals surface area contributed by atoms with Crippen molar-refractivity contribution in [2.45, 2.75) is 46.3 Å². The number of nitrogens with one attached hydrogen (secondary N) is 1. The van der Waals surface area contributed by atoms with E-state index in [-0.39, 0.29) is 18.0 Å². The Bertz CT molecular complexity index is 1240. The van der Waals surface area contributed by atoms with Gasteiger partial charge >= 0.3 is 6.09 Å². The minimum Gasteiger partial charge on any atom is -0.444 e. The molecule has 10 nitrogen and oxygen atoms in total. The van der Waals surface area contributed by atoms with Gasteiger partial charge in [0.25, 0.3) is 0 Å². The Balaban J connectivity index is 1.72. The number of amides is 2. The molecule has 11 heteroatoms. The second-order valence-electron chi connectivity index (χ2n) is 9.29. The summed E-state index contributed by atoms with van der Waals surface area (Å²) in [5.41, 5.74) is 0.604. The average Bonchev–Trinajstić information content (AvgIpc) is 3.10. The van der Waals surface area contributed by atoms with E-state index >= 15 is 0 Å². The number of piperazine rings is 1. The Morgan fingerprint density at radius 3 is 2.62 bits per heavy atom. The van der Waals surface area contributed by atoms with Gasteiger partial charge in [0.2, 0.25) is 5.91 Å². The van der Waals surface area contributed by atoms with Crippen LogP contribution in [-0.2, 0) is 9.53 Å². The van der Waals surface area contributed by atoms with Crippen molar-refractivity contribution in [3.8, 4) is 5.82 Å². The molecule has 1 fully saturated rings. The molecule has 34 heavy (non-hydrogen) atoms. The van der Waals surface area contributed by atoms with Gasteiger partial charge in [-0.2, -0.15) is 0 Å². The van der Waals surface area contributed by atoms with Crippen molar-refractivity contribution in [1.29, 1.82) is 0 Å². The minimum atomic E-state index is -0.555. The number of pyridine rings is 1. The van der Waals surface area contributed by atoms with E-state index in [9.17, 15) is 9.59 Å². The summed E-state index contributed by atoms with van der Waals surface area (Å²) < 4.78 is 7.31. The molecular formula is C23H28ClN7O3. The number of hydrogen-bond donors (Lipinski definition) is 1. The van der Waals surface area contributed by atoms with Crippen LogP contribution in [0.5, 0.6) is 0 Å². The van der Waals surface area contributed by atoms with Crippen molar-refractivity contribution in [2.75, 3.05) is 29.9 Å². The topological polar surface area (TPSA) is 105 Å². The lowest BCUT2D eigenvalue weighted by Crippen LogP contribution is -2.54. The Hall–Kier alpha value is -3.40. The first-order valence-corrected chi connectivity index (χ1v) is 11.4. The molecule has 4 rings (SSSR count). The van der Waals surface area contributed by atoms with Gasteiger partial charge in [0.1, 0.15) is 23.6 Å². The number of ether oxygens (including phenoxy) is 1. The number of carbonyl (C=O) groups is 2. The number of hydrogen-bond acceptors (Lipinski definition) is 7. The monoisotopic (exact) mass is 485 g/mol. The van der Waals surface area contributed by atoms with Crippen molar-refractivity contribution in [3.05, 3.63) is 35.9 Å². The predicted octanol–water partition coefficient (Wildman–Crippen LogP) is 3.87. The second kappa shape index (κ2) is 9.09. The van der Waals surface area contributed by atoms with Crippen LogP contribution in [0, 0.1) is 0 Å². The van der Waals surface area contributed by atoms with Gasteiger partial charge in [-0.3, -0.25) is 9.36 Å². The summed E-state index contributed by atoms with van der Waals surface area (Å²) >= 11 is 6.18. The smallest absolute Gasteiger partial charge is 0.410 e. The third-order valence-electron chi connectivity index (χ3n) is 5.38. The van der Waals surface area contributed by atoms with Crippen LogP contribution in [0.2, 0.25) is 5.02 Å². The summed E-state index contributed by atoms with van der Waals surface area (Å²) in [5, 5.41) is 4.12. The van der Waals surface area contributed by atoms with E-state index in [1.165, 1.54) is 13.3 Å². The number of fused-ring (bicyclic) bond motifs is 1. The van der Waals surface area contributed by atoms with E-state index in [1.54, 1.807) is 34.0 Å². The van der Waals surface area contributed by atoms with Crippen LogP contribution in [-0.4, -0.2) is 67.7 Å². The summed E-state index contributed by atoms with van der Waals surface area (Å²) in [6.07, 6.45) is 4.54. The summed E-state index contributed by atoms with van der Waals surface area (Å²) in [6, 6.07) is 3.37. The molecule has 3 aromatic heterocycles. The Labute approximate surface area is 202 Å². The van der Waals surface area contributed by atoms with Gasteiger partial charge in [-0.15, -0.1) is 0 Å². The SMILES string of the molecule is CC(=O)Nc1cn(-c2cc(Cl)ccn2)c2ncnc(N3CCN(C(=O)OC(C)(C)C)CC3C)c12. The highest BCUT2D eigenvalue weighted by atomic mass is 35.5. The number of rotatable bonds is 3. The zero-order valence-electron chi connectivity index (χ0n) is 19.9. The molecular weight excluding hydrogens is 458 g/mol. The number of halogens is 1. The zero-order chi connectivity index (χ0) is 24.6. The molecule has 0 bridgehead atoms. The van der Waals surface area contributed by atoms with Crippen molar-refractivity contribution in [2.24, 2.45) is 0 Å². The first kappa shape index (κ1) is 23.7.